The standard InChI is InChI=1S/C17H21NO/c1-3-13(2)18-12-15-7-4-5-10-17(15)14-8-6-9-16(19)11-14/h4-11,13,18-19H,3,12H2,1-2H3. The second-order valence-corrected chi connectivity index (χ2v) is 4.90. The second kappa shape index (κ2) is 6.39. The summed E-state index contributed by atoms with van der Waals surface area (Å²) in [6.07, 6.45) is 1.12. The maximum absolute atomic E-state index is 9.61. The van der Waals surface area contributed by atoms with Crippen molar-refractivity contribution in [3.05, 3.63) is 54.1 Å². The highest BCUT2D eigenvalue weighted by atomic mass is 16.3. The van der Waals surface area contributed by atoms with E-state index >= 15 is 0 Å². The molecule has 0 fully saturated rings. The van der Waals surface area contributed by atoms with Gasteiger partial charge >= 0.3 is 0 Å². The highest BCUT2D eigenvalue weighted by Gasteiger charge is 2.06. The summed E-state index contributed by atoms with van der Waals surface area (Å²) in [5.41, 5.74) is 3.49. The largest absolute Gasteiger partial charge is 0.508 e. The number of phenols is 1. The number of hydrogen-bond acceptors (Lipinski definition) is 2. The Labute approximate surface area is 115 Å². The smallest absolute Gasteiger partial charge is 0.116 e. The predicted molar refractivity (Wildman–Crippen MR) is 80.1 cm³/mol. The summed E-state index contributed by atoms with van der Waals surface area (Å²) < 4.78 is 0. The van der Waals surface area contributed by atoms with Crippen molar-refractivity contribution in [1.29, 1.82) is 0 Å². The maximum atomic E-state index is 9.61. The van der Waals surface area contributed by atoms with Crippen LogP contribution in [0.5, 0.6) is 5.75 Å². The van der Waals surface area contributed by atoms with Gasteiger partial charge in [0.05, 0.1) is 0 Å². The summed E-state index contributed by atoms with van der Waals surface area (Å²) >= 11 is 0. The zero-order valence-corrected chi connectivity index (χ0v) is 11.6. The first kappa shape index (κ1) is 13.6. The Morgan fingerprint density at radius 2 is 1.89 bits per heavy atom. The minimum absolute atomic E-state index is 0.308. The average Bonchev–Trinajstić information content (AvgIpc) is 2.45. The average molecular weight is 255 g/mol. The van der Waals surface area contributed by atoms with Gasteiger partial charge in [-0.15, -0.1) is 0 Å². The third-order valence-electron chi connectivity index (χ3n) is 3.43. The van der Waals surface area contributed by atoms with Crippen LogP contribution in [0.25, 0.3) is 11.1 Å². The molecule has 0 aliphatic rings. The molecule has 2 aromatic rings. The molecule has 0 saturated heterocycles. The Bertz CT molecular complexity index is 536. The summed E-state index contributed by atoms with van der Waals surface area (Å²) in [6, 6.07) is 16.2. The van der Waals surface area contributed by atoms with Crippen molar-refractivity contribution >= 4 is 0 Å². The first-order valence-corrected chi connectivity index (χ1v) is 6.81. The quantitative estimate of drug-likeness (QED) is 0.848. The third-order valence-corrected chi connectivity index (χ3v) is 3.43. The molecule has 100 valence electrons. The number of hydrogen-bond donors (Lipinski definition) is 2. The number of rotatable bonds is 5. The van der Waals surface area contributed by atoms with Crippen molar-refractivity contribution in [2.45, 2.75) is 32.9 Å². The summed E-state index contributed by atoms with van der Waals surface area (Å²) in [5.74, 6) is 0.308. The summed E-state index contributed by atoms with van der Waals surface area (Å²) in [4.78, 5) is 0. The molecule has 0 saturated carbocycles. The van der Waals surface area contributed by atoms with Crippen molar-refractivity contribution < 1.29 is 5.11 Å². The predicted octanol–water partition coefficient (Wildman–Crippen LogP) is 3.95. The molecule has 0 aliphatic heterocycles. The van der Waals surface area contributed by atoms with E-state index in [4.69, 9.17) is 0 Å². The molecule has 19 heavy (non-hydrogen) atoms. The first-order valence-electron chi connectivity index (χ1n) is 6.81. The van der Waals surface area contributed by atoms with Gasteiger partial charge in [0.25, 0.3) is 0 Å². The van der Waals surface area contributed by atoms with E-state index in [2.05, 4.69) is 37.4 Å². The van der Waals surface area contributed by atoms with Gasteiger partial charge in [0, 0.05) is 12.6 Å². The van der Waals surface area contributed by atoms with E-state index in [9.17, 15) is 5.11 Å². The zero-order chi connectivity index (χ0) is 13.7. The lowest BCUT2D eigenvalue weighted by atomic mass is 9.99. The Hall–Kier alpha value is -1.80. The molecule has 2 rings (SSSR count). The normalized spacial score (nSPS) is 12.3. The zero-order valence-electron chi connectivity index (χ0n) is 11.6. The van der Waals surface area contributed by atoms with Crippen LogP contribution < -0.4 is 5.32 Å². The molecule has 1 atom stereocenters. The van der Waals surface area contributed by atoms with E-state index in [1.165, 1.54) is 11.1 Å². The van der Waals surface area contributed by atoms with Crippen molar-refractivity contribution in [3.8, 4) is 16.9 Å². The van der Waals surface area contributed by atoms with Crippen LogP contribution in [0.2, 0.25) is 0 Å². The summed E-state index contributed by atoms with van der Waals surface area (Å²) in [7, 11) is 0. The van der Waals surface area contributed by atoms with Gasteiger partial charge in [0.15, 0.2) is 0 Å². The Morgan fingerprint density at radius 3 is 2.63 bits per heavy atom. The van der Waals surface area contributed by atoms with Gasteiger partial charge in [0.2, 0.25) is 0 Å². The fraction of sp³-hybridized carbons (Fsp3) is 0.294. The fourth-order valence-corrected chi connectivity index (χ4v) is 2.06. The van der Waals surface area contributed by atoms with Gasteiger partial charge in [0.1, 0.15) is 5.75 Å². The van der Waals surface area contributed by atoms with Crippen molar-refractivity contribution in [2.24, 2.45) is 0 Å². The van der Waals surface area contributed by atoms with Crippen LogP contribution in [-0.2, 0) is 6.54 Å². The molecule has 0 spiro atoms. The van der Waals surface area contributed by atoms with Crippen LogP contribution in [0.15, 0.2) is 48.5 Å². The second-order valence-electron chi connectivity index (χ2n) is 4.90. The van der Waals surface area contributed by atoms with E-state index in [-0.39, 0.29) is 0 Å². The van der Waals surface area contributed by atoms with Crippen LogP contribution in [0.4, 0.5) is 0 Å². The van der Waals surface area contributed by atoms with Gasteiger partial charge in [-0.25, -0.2) is 0 Å². The van der Waals surface area contributed by atoms with Gasteiger partial charge in [-0.2, -0.15) is 0 Å². The van der Waals surface area contributed by atoms with Gasteiger partial charge in [-0.3, -0.25) is 0 Å². The maximum Gasteiger partial charge on any atom is 0.116 e. The molecule has 2 N–H and O–H groups in total. The van der Waals surface area contributed by atoms with E-state index in [0.29, 0.717) is 11.8 Å². The van der Waals surface area contributed by atoms with Gasteiger partial charge < -0.3 is 10.4 Å². The third kappa shape index (κ3) is 3.58. The van der Waals surface area contributed by atoms with Crippen molar-refractivity contribution in [2.75, 3.05) is 0 Å². The lowest BCUT2D eigenvalue weighted by molar-refractivity contribution is 0.475. The van der Waals surface area contributed by atoms with Crippen LogP contribution in [0.1, 0.15) is 25.8 Å². The molecule has 0 aromatic heterocycles. The Balaban J connectivity index is 2.26. The molecule has 0 amide bonds. The Morgan fingerprint density at radius 1 is 1.11 bits per heavy atom. The van der Waals surface area contributed by atoms with Crippen molar-refractivity contribution in [1.82, 2.24) is 5.32 Å². The molecule has 2 nitrogen and oxygen atoms in total. The summed E-state index contributed by atoms with van der Waals surface area (Å²) in [6.45, 7) is 5.22. The van der Waals surface area contributed by atoms with E-state index in [1.807, 2.05) is 24.3 Å². The van der Waals surface area contributed by atoms with Gasteiger partial charge in [-0.05, 0) is 42.2 Å². The number of benzene rings is 2. The van der Waals surface area contributed by atoms with Crippen LogP contribution >= 0.6 is 0 Å². The van der Waals surface area contributed by atoms with Crippen LogP contribution in [0, 0.1) is 0 Å². The lowest BCUT2D eigenvalue weighted by Gasteiger charge is -2.14. The number of aromatic hydroxyl groups is 1. The lowest BCUT2D eigenvalue weighted by Crippen LogP contribution is -2.24. The minimum atomic E-state index is 0.308. The molecule has 0 heterocycles. The fourth-order valence-electron chi connectivity index (χ4n) is 2.06. The summed E-state index contributed by atoms with van der Waals surface area (Å²) in [5, 5.41) is 13.1. The molecular weight excluding hydrogens is 234 g/mol. The SMILES string of the molecule is CCC(C)NCc1ccccc1-c1cccc(O)c1. The molecule has 1 unspecified atom stereocenters. The topological polar surface area (TPSA) is 32.3 Å². The molecule has 2 heteroatoms. The van der Waals surface area contributed by atoms with E-state index in [1.54, 1.807) is 6.07 Å². The first-order chi connectivity index (χ1) is 9.20. The van der Waals surface area contributed by atoms with Crippen LogP contribution in [0.3, 0.4) is 0 Å². The molecule has 0 aliphatic carbocycles. The molecule has 0 bridgehead atoms. The molecular formula is C17H21NO. The highest BCUT2D eigenvalue weighted by molar-refractivity contribution is 5.68. The number of phenolic OH excluding ortho intramolecular Hbond substituents is 1. The van der Waals surface area contributed by atoms with Crippen molar-refractivity contribution in [3.63, 3.8) is 0 Å². The van der Waals surface area contributed by atoms with E-state index in [0.717, 1.165) is 18.5 Å². The number of nitrogens with one attached hydrogen (secondary N) is 1. The van der Waals surface area contributed by atoms with E-state index < -0.39 is 0 Å². The highest BCUT2D eigenvalue weighted by Crippen LogP contribution is 2.26. The minimum Gasteiger partial charge on any atom is -0.508 e. The van der Waals surface area contributed by atoms with Crippen LogP contribution in [-0.4, -0.2) is 11.1 Å². The molecule has 0 radical (unpaired) electrons. The van der Waals surface area contributed by atoms with Gasteiger partial charge in [-0.1, -0.05) is 43.3 Å². The molecule has 2 aromatic carbocycles. The monoisotopic (exact) mass is 255 g/mol. The Kier molecular flexibility index (Phi) is 4.58.